The first-order valence-electron chi connectivity index (χ1n) is 8.05. The number of rotatable bonds is 4. The van der Waals surface area contributed by atoms with Gasteiger partial charge in [-0.15, -0.1) is 0 Å². The zero-order chi connectivity index (χ0) is 15.6. The van der Waals surface area contributed by atoms with Gasteiger partial charge in [-0.2, -0.15) is 0 Å². The van der Waals surface area contributed by atoms with Crippen molar-refractivity contribution in [3.63, 3.8) is 0 Å². The van der Waals surface area contributed by atoms with Gasteiger partial charge in [-0.1, -0.05) is 30.3 Å². The Bertz CT molecular complexity index is 819. The molecule has 4 nitrogen and oxygen atoms in total. The maximum absolute atomic E-state index is 5.89. The highest BCUT2D eigenvalue weighted by atomic mass is 16.5. The fourth-order valence-electron chi connectivity index (χ4n) is 3.29. The summed E-state index contributed by atoms with van der Waals surface area (Å²) in [5, 5.41) is 0. The number of nitrogens with zero attached hydrogens (tertiary/aromatic N) is 2. The van der Waals surface area contributed by atoms with E-state index in [1.165, 1.54) is 0 Å². The molecular weight excluding hydrogens is 288 g/mol. The molecule has 1 fully saturated rings. The molecule has 4 heteroatoms. The summed E-state index contributed by atoms with van der Waals surface area (Å²) in [4.78, 5) is 4.84. The molecule has 2 heterocycles. The van der Waals surface area contributed by atoms with Crippen LogP contribution in [0.1, 0.15) is 30.3 Å². The molecule has 2 aromatic carbocycles. The topological polar surface area (TPSA) is 36.3 Å². The van der Waals surface area contributed by atoms with Gasteiger partial charge in [0.1, 0.15) is 17.7 Å². The molecule has 1 atom stereocenters. The third-order valence-corrected chi connectivity index (χ3v) is 4.42. The first kappa shape index (κ1) is 14.3. The van der Waals surface area contributed by atoms with Crippen molar-refractivity contribution in [1.29, 1.82) is 0 Å². The molecule has 0 spiro atoms. The summed E-state index contributed by atoms with van der Waals surface area (Å²) < 4.78 is 13.7. The standard InChI is InChI=1S/C19H20N2O2/c1-22-17-10-5-2-7-14(17)13-21-16-9-4-3-8-15(16)20-19(21)18-11-6-12-23-18/h2-5,7-10,18H,6,11-13H2,1H3. The van der Waals surface area contributed by atoms with Crippen molar-refractivity contribution in [2.75, 3.05) is 13.7 Å². The predicted molar refractivity (Wildman–Crippen MR) is 89.8 cm³/mol. The van der Waals surface area contributed by atoms with E-state index in [-0.39, 0.29) is 6.10 Å². The molecule has 0 bridgehead atoms. The molecule has 1 unspecified atom stereocenters. The first-order valence-corrected chi connectivity index (χ1v) is 8.05. The Labute approximate surface area is 135 Å². The van der Waals surface area contributed by atoms with E-state index in [1.54, 1.807) is 7.11 Å². The monoisotopic (exact) mass is 308 g/mol. The largest absolute Gasteiger partial charge is 0.496 e. The van der Waals surface area contributed by atoms with Gasteiger partial charge in [0.15, 0.2) is 0 Å². The van der Waals surface area contributed by atoms with Crippen LogP contribution < -0.4 is 4.74 Å². The Hall–Kier alpha value is -2.33. The van der Waals surface area contributed by atoms with Gasteiger partial charge in [0.25, 0.3) is 0 Å². The first-order chi connectivity index (χ1) is 11.4. The Kier molecular flexibility index (Phi) is 3.75. The highest BCUT2D eigenvalue weighted by Gasteiger charge is 2.24. The van der Waals surface area contributed by atoms with Crippen LogP contribution in [-0.2, 0) is 11.3 Å². The minimum Gasteiger partial charge on any atom is -0.496 e. The van der Waals surface area contributed by atoms with Gasteiger partial charge >= 0.3 is 0 Å². The number of fused-ring (bicyclic) bond motifs is 1. The second-order valence-electron chi connectivity index (χ2n) is 5.86. The lowest BCUT2D eigenvalue weighted by molar-refractivity contribution is 0.103. The molecule has 1 saturated heterocycles. The van der Waals surface area contributed by atoms with Crippen LogP contribution in [0, 0.1) is 0 Å². The van der Waals surface area contributed by atoms with Crippen molar-refractivity contribution in [2.24, 2.45) is 0 Å². The van der Waals surface area contributed by atoms with Crippen LogP contribution >= 0.6 is 0 Å². The highest BCUT2D eigenvalue weighted by Crippen LogP contribution is 2.32. The average Bonchev–Trinajstić information content (AvgIpc) is 3.23. The van der Waals surface area contributed by atoms with Gasteiger partial charge in [-0.05, 0) is 31.0 Å². The van der Waals surface area contributed by atoms with E-state index in [0.29, 0.717) is 0 Å². The molecule has 118 valence electrons. The number of aromatic nitrogens is 2. The molecule has 0 aliphatic carbocycles. The van der Waals surface area contributed by atoms with Crippen LogP contribution in [0.3, 0.4) is 0 Å². The Balaban J connectivity index is 1.82. The summed E-state index contributed by atoms with van der Waals surface area (Å²) >= 11 is 0. The number of para-hydroxylation sites is 3. The van der Waals surface area contributed by atoms with Crippen molar-refractivity contribution < 1.29 is 9.47 Å². The number of ether oxygens (including phenoxy) is 2. The van der Waals surface area contributed by atoms with Gasteiger partial charge in [0.05, 0.1) is 24.7 Å². The molecule has 1 aromatic heterocycles. The lowest BCUT2D eigenvalue weighted by Gasteiger charge is -2.15. The number of hydrogen-bond acceptors (Lipinski definition) is 3. The van der Waals surface area contributed by atoms with Gasteiger partial charge in [0.2, 0.25) is 0 Å². The maximum atomic E-state index is 5.89. The summed E-state index contributed by atoms with van der Waals surface area (Å²) in [6, 6.07) is 16.4. The van der Waals surface area contributed by atoms with E-state index in [9.17, 15) is 0 Å². The van der Waals surface area contributed by atoms with Gasteiger partial charge in [-0.3, -0.25) is 0 Å². The van der Waals surface area contributed by atoms with E-state index >= 15 is 0 Å². The van der Waals surface area contributed by atoms with E-state index in [1.807, 2.05) is 24.3 Å². The molecule has 0 N–H and O–H groups in total. The van der Waals surface area contributed by atoms with Crippen LogP contribution in [-0.4, -0.2) is 23.3 Å². The molecule has 1 aliphatic rings. The quantitative estimate of drug-likeness (QED) is 0.732. The van der Waals surface area contributed by atoms with Crippen LogP contribution in [0.4, 0.5) is 0 Å². The highest BCUT2D eigenvalue weighted by molar-refractivity contribution is 5.76. The number of benzene rings is 2. The van der Waals surface area contributed by atoms with E-state index < -0.39 is 0 Å². The Morgan fingerprint density at radius 2 is 2.00 bits per heavy atom. The van der Waals surface area contributed by atoms with Crippen molar-refractivity contribution in [1.82, 2.24) is 9.55 Å². The summed E-state index contributed by atoms with van der Waals surface area (Å²) in [7, 11) is 1.71. The average molecular weight is 308 g/mol. The Morgan fingerprint density at radius 3 is 2.83 bits per heavy atom. The molecule has 1 aliphatic heterocycles. The van der Waals surface area contributed by atoms with Crippen molar-refractivity contribution >= 4 is 11.0 Å². The lowest BCUT2D eigenvalue weighted by atomic mass is 10.2. The molecular formula is C19H20N2O2. The summed E-state index contributed by atoms with van der Waals surface area (Å²) in [6.45, 7) is 1.56. The van der Waals surface area contributed by atoms with Crippen molar-refractivity contribution in [3.8, 4) is 5.75 Å². The second-order valence-corrected chi connectivity index (χ2v) is 5.86. The maximum Gasteiger partial charge on any atom is 0.139 e. The molecule has 23 heavy (non-hydrogen) atoms. The molecule has 3 aromatic rings. The molecule has 0 saturated carbocycles. The normalized spacial score (nSPS) is 17.7. The van der Waals surface area contributed by atoms with Crippen LogP contribution in [0.15, 0.2) is 48.5 Å². The molecule has 4 rings (SSSR count). The second kappa shape index (κ2) is 6.05. The zero-order valence-electron chi connectivity index (χ0n) is 13.2. The molecule has 0 radical (unpaired) electrons. The smallest absolute Gasteiger partial charge is 0.139 e. The van der Waals surface area contributed by atoms with Crippen LogP contribution in [0.25, 0.3) is 11.0 Å². The summed E-state index contributed by atoms with van der Waals surface area (Å²) in [6.07, 6.45) is 2.23. The van der Waals surface area contributed by atoms with Gasteiger partial charge in [-0.25, -0.2) is 4.98 Å². The third kappa shape index (κ3) is 2.59. The number of imidazole rings is 1. The number of hydrogen-bond donors (Lipinski definition) is 0. The van der Waals surface area contributed by atoms with Gasteiger partial charge < -0.3 is 14.0 Å². The van der Waals surface area contributed by atoms with Crippen LogP contribution in [0.2, 0.25) is 0 Å². The minimum absolute atomic E-state index is 0.0945. The lowest BCUT2D eigenvalue weighted by Crippen LogP contribution is -2.10. The van der Waals surface area contributed by atoms with Crippen molar-refractivity contribution in [3.05, 3.63) is 59.9 Å². The number of methoxy groups -OCH3 is 1. The van der Waals surface area contributed by atoms with E-state index in [2.05, 4.69) is 28.8 Å². The van der Waals surface area contributed by atoms with Gasteiger partial charge in [0, 0.05) is 12.2 Å². The predicted octanol–water partition coefficient (Wildman–Crippen LogP) is 3.94. The third-order valence-electron chi connectivity index (χ3n) is 4.42. The minimum atomic E-state index is 0.0945. The summed E-state index contributed by atoms with van der Waals surface area (Å²) in [5.74, 6) is 1.93. The van der Waals surface area contributed by atoms with E-state index in [4.69, 9.17) is 14.5 Å². The summed E-state index contributed by atoms with van der Waals surface area (Å²) in [5.41, 5.74) is 3.31. The SMILES string of the molecule is COc1ccccc1Cn1c(C2CCCO2)nc2ccccc21. The Morgan fingerprint density at radius 1 is 1.17 bits per heavy atom. The zero-order valence-corrected chi connectivity index (χ0v) is 13.2. The van der Waals surface area contributed by atoms with Crippen LogP contribution in [0.5, 0.6) is 5.75 Å². The molecule has 0 amide bonds. The fourth-order valence-corrected chi connectivity index (χ4v) is 3.29. The van der Waals surface area contributed by atoms with Crippen molar-refractivity contribution in [2.45, 2.75) is 25.5 Å². The fraction of sp³-hybridized carbons (Fsp3) is 0.316. The van der Waals surface area contributed by atoms with E-state index in [0.717, 1.165) is 54.2 Å².